The van der Waals surface area contributed by atoms with Gasteiger partial charge in [-0.2, -0.15) is 13.2 Å². The van der Waals surface area contributed by atoms with Gasteiger partial charge in [-0.15, -0.1) is 0 Å². The lowest BCUT2D eigenvalue weighted by molar-refractivity contribution is -0.138. The molecule has 1 N–H and O–H groups in total. The summed E-state index contributed by atoms with van der Waals surface area (Å²) < 4.78 is 35.9. The molecular formula is C11H10ClF3O2S. The maximum Gasteiger partial charge on any atom is 0.441 e. The van der Waals surface area contributed by atoms with E-state index in [0.29, 0.717) is 5.56 Å². The number of benzene rings is 1. The van der Waals surface area contributed by atoms with Gasteiger partial charge in [0.1, 0.15) is 0 Å². The van der Waals surface area contributed by atoms with Crippen molar-refractivity contribution in [3.63, 3.8) is 0 Å². The van der Waals surface area contributed by atoms with Crippen LogP contribution in [0.25, 0.3) is 0 Å². The molecule has 0 saturated carbocycles. The average Bonchev–Trinajstić information content (AvgIpc) is 2.24. The first kappa shape index (κ1) is 15.2. The first-order valence-corrected chi connectivity index (χ1v) is 6.35. The van der Waals surface area contributed by atoms with E-state index in [1.54, 1.807) is 12.1 Å². The van der Waals surface area contributed by atoms with Crippen molar-refractivity contribution in [2.45, 2.75) is 17.8 Å². The highest BCUT2D eigenvalue weighted by atomic mass is 35.5. The summed E-state index contributed by atoms with van der Waals surface area (Å²) in [6.07, 6.45) is -0.122. The van der Waals surface area contributed by atoms with E-state index in [9.17, 15) is 18.0 Å². The molecule has 0 saturated heterocycles. The van der Waals surface area contributed by atoms with Crippen molar-refractivity contribution >= 4 is 29.3 Å². The number of aliphatic carboxylic acids is 1. The summed E-state index contributed by atoms with van der Waals surface area (Å²) >= 11 is 5.61. The molecule has 1 aromatic carbocycles. The summed E-state index contributed by atoms with van der Waals surface area (Å²) in [5.74, 6) is -2.51. The molecule has 0 amide bonds. The van der Waals surface area contributed by atoms with E-state index in [-0.39, 0.29) is 29.0 Å². The predicted molar refractivity (Wildman–Crippen MR) is 65.0 cm³/mol. The summed E-state index contributed by atoms with van der Waals surface area (Å²) in [6.45, 7) is 0. The second-order valence-corrected chi connectivity index (χ2v) is 5.06. The SMILES string of the molecule is O=C(O)C(CCSC(F)(F)F)c1ccccc1Cl. The fourth-order valence-electron chi connectivity index (χ4n) is 1.46. The zero-order chi connectivity index (χ0) is 13.8. The maximum atomic E-state index is 12.0. The number of hydrogen-bond donors (Lipinski definition) is 1. The van der Waals surface area contributed by atoms with E-state index < -0.39 is 17.4 Å². The van der Waals surface area contributed by atoms with E-state index >= 15 is 0 Å². The Morgan fingerprint density at radius 2 is 2.00 bits per heavy atom. The van der Waals surface area contributed by atoms with Crippen LogP contribution in [0.15, 0.2) is 24.3 Å². The Balaban J connectivity index is 2.73. The molecule has 1 atom stereocenters. The minimum atomic E-state index is -4.34. The second kappa shape index (κ2) is 6.33. The Morgan fingerprint density at radius 1 is 1.39 bits per heavy atom. The van der Waals surface area contributed by atoms with Gasteiger partial charge in [0.05, 0.1) is 5.92 Å². The molecule has 100 valence electrons. The molecule has 1 rings (SSSR count). The topological polar surface area (TPSA) is 37.3 Å². The Morgan fingerprint density at radius 3 is 2.50 bits per heavy atom. The summed E-state index contributed by atoms with van der Waals surface area (Å²) in [7, 11) is 0. The largest absolute Gasteiger partial charge is 0.481 e. The van der Waals surface area contributed by atoms with Crippen molar-refractivity contribution in [1.29, 1.82) is 0 Å². The van der Waals surface area contributed by atoms with E-state index in [2.05, 4.69) is 0 Å². The lowest BCUT2D eigenvalue weighted by Gasteiger charge is -2.14. The lowest BCUT2D eigenvalue weighted by atomic mass is 9.97. The fourth-order valence-corrected chi connectivity index (χ4v) is 2.31. The third-order valence-electron chi connectivity index (χ3n) is 2.25. The van der Waals surface area contributed by atoms with E-state index in [1.165, 1.54) is 12.1 Å². The highest BCUT2D eigenvalue weighted by Gasteiger charge is 2.30. The number of halogens is 4. The summed E-state index contributed by atoms with van der Waals surface area (Å²) in [5.41, 5.74) is -4.00. The second-order valence-electron chi connectivity index (χ2n) is 3.50. The third kappa shape index (κ3) is 4.78. The van der Waals surface area contributed by atoms with Crippen LogP contribution in [0.2, 0.25) is 5.02 Å². The predicted octanol–water partition coefficient (Wildman–Crippen LogP) is 4.15. The van der Waals surface area contributed by atoms with Crippen LogP contribution in [0.5, 0.6) is 0 Å². The number of carboxylic acids is 1. The summed E-state index contributed by atoms with van der Waals surface area (Å²) in [5, 5.41) is 9.28. The van der Waals surface area contributed by atoms with E-state index in [1.807, 2.05) is 0 Å². The number of rotatable bonds is 5. The molecule has 18 heavy (non-hydrogen) atoms. The van der Waals surface area contributed by atoms with Crippen molar-refractivity contribution in [3.8, 4) is 0 Å². The molecule has 2 nitrogen and oxygen atoms in total. The standard InChI is InChI=1S/C11H10ClF3O2S/c12-9-4-2-1-3-7(9)8(10(16)17)5-6-18-11(13,14)15/h1-4,8H,5-6H2,(H,16,17). The van der Waals surface area contributed by atoms with E-state index in [0.717, 1.165) is 0 Å². The quantitative estimate of drug-likeness (QED) is 0.887. The van der Waals surface area contributed by atoms with Crippen LogP contribution in [0.3, 0.4) is 0 Å². The molecule has 0 bridgehead atoms. The number of carboxylic acid groups (broad SMARTS) is 1. The minimum Gasteiger partial charge on any atom is -0.481 e. The first-order valence-electron chi connectivity index (χ1n) is 4.99. The fraction of sp³-hybridized carbons (Fsp3) is 0.364. The Kier molecular flexibility index (Phi) is 5.34. The molecule has 0 aliphatic carbocycles. The Bertz CT molecular complexity index is 423. The highest BCUT2D eigenvalue weighted by Crippen LogP contribution is 2.34. The smallest absolute Gasteiger partial charge is 0.441 e. The van der Waals surface area contributed by atoms with Gasteiger partial charge in [-0.3, -0.25) is 4.79 Å². The summed E-state index contributed by atoms with van der Waals surface area (Å²) in [6, 6.07) is 6.27. The van der Waals surface area contributed by atoms with Crippen molar-refractivity contribution in [3.05, 3.63) is 34.9 Å². The molecular weight excluding hydrogens is 289 g/mol. The number of alkyl halides is 3. The molecule has 1 aromatic rings. The van der Waals surface area contributed by atoms with Crippen molar-refractivity contribution in [2.75, 3.05) is 5.75 Å². The molecule has 0 fully saturated rings. The summed E-state index contributed by atoms with van der Waals surface area (Å²) in [4.78, 5) is 11.1. The number of thioether (sulfide) groups is 1. The van der Waals surface area contributed by atoms with Gasteiger partial charge in [0.15, 0.2) is 0 Å². The van der Waals surface area contributed by atoms with Crippen LogP contribution >= 0.6 is 23.4 Å². The molecule has 0 aliphatic rings. The van der Waals surface area contributed by atoms with Gasteiger partial charge in [-0.05, 0) is 18.1 Å². The van der Waals surface area contributed by atoms with E-state index in [4.69, 9.17) is 16.7 Å². The van der Waals surface area contributed by atoms with Crippen LogP contribution in [0, 0.1) is 0 Å². The molecule has 0 spiro atoms. The molecule has 7 heteroatoms. The minimum absolute atomic E-state index is 0.122. The maximum absolute atomic E-state index is 12.0. The van der Waals surface area contributed by atoms with Crippen LogP contribution in [-0.4, -0.2) is 22.3 Å². The molecule has 1 unspecified atom stereocenters. The molecule has 0 aromatic heterocycles. The van der Waals surface area contributed by atoms with Crippen molar-refractivity contribution in [2.24, 2.45) is 0 Å². The lowest BCUT2D eigenvalue weighted by Crippen LogP contribution is -2.14. The van der Waals surface area contributed by atoms with Crippen molar-refractivity contribution in [1.82, 2.24) is 0 Å². The zero-order valence-corrected chi connectivity index (χ0v) is 10.6. The molecule has 0 radical (unpaired) electrons. The van der Waals surface area contributed by atoms with Gasteiger partial charge >= 0.3 is 11.5 Å². The van der Waals surface area contributed by atoms with Crippen LogP contribution in [-0.2, 0) is 4.79 Å². The van der Waals surface area contributed by atoms with Gasteiger partial charge in [-0.1, -0.05) is 41.6 Å². The first-order chi connectivity index (χ1) is 8.31. The Labute approximate surface area is 111 Å². The molecule has 0 heterocycles. The molecule has 0 aliphatic heterocycles. The van der Waals surface area contributed by atoms with Gasteiger partial charge in [0.2, 0.25) is 0 Å². The van der Waals surface area contributed by atoms with Gasteiger partial charge in [0, 0.05) is 10.8 Å². The van der Waals surface area contributed by atoms with Crippen LogP contribution in [0.1, 0.15) is 17.9 Å². The monoisotopic (exact) mass is 298 g/mol. The third-order valence-corrected chi connectivity index (χ3v) is 3.36. The number of carbonyl (C=O) groups is 1. The highest BCUT2D eigenvalue weighted by molar-refractivity contribution is 8.00. The number of hydrogen-bond acceptors (Lipinski definition) is 2. The van der Waals surface area contributed by atoms with Crippen molar-refractivity contribution < 1.29 is 23.1 Å². The van der Waals surface area contributed by atoms with Gasteiger partial charge in [0.25, 0.3) is 0 Å². The van der Waals surface area contributed by atoms with Gasteiger partial charge in [-0.25, -0.2) is 0 Å². The van der Waals surface area contributed by atoms with Crippen LogP contribution < -0.4 is 0 Å². The van der Waals surface area contributed by atoms with Gasteiger partial charge < -0.3 is 5.11 Å². The Hall–Kier alpha value is -0.880. The normalized spacial score (nSPS) is 13.3. The van der Waals surface area contributed by atoms with Crippen LogP contribution in [0.4, 0.5) is 13.2 Å². The average molecular weight is 299 g/mol. The zero-order valence-electron chi connectivity index (χ0n) is 9.08.